The van der Waals surface area contributed by atoms with Crippen molar-refractivity contribution in [2.24, 2.45) is 5.73 Å². The molecule has 1 aromatic rings. The van der Waals surface area contributed by atoms with Crippen LogP contribution in [0.3, 0.4) is 0 Å². The zero-order valence-electron chi connectivity index (χ0n) is 11.1. The molecule has 0 spiro atoms. The molecular formula is C12H17F3N4S. The fourth-order valence-corrected chi connectivity index (χ4v) is 3.32. The maximum atomic E-state index is 12.4. The Hall–Kier alpha value is -0.860. The Morgan fingerprint density at radius 1 is 1.45 bits per heavy atom. The van der Waals surface area contributed by atoms with E-state index in [2.05, 4.69) is 21.8 Å². The van der Waals surface area contributed by atoms with Crippen molar-refractivity contribution in [3.05, 3.63) is 23.8 Å². The van der Waals surface area contributed by atoms with Gasteiger partial charge in [-0.25, -0.2) is 9.97 Å². The van der Waals surface area contributed by atoms with Crippen molar-refractivity contribution in [3.8, 4) is 0 Å². The molecular weight excluding hydrogens is 289 g/mol. The maximum Gasteiger partial charge on any atom is 0.451 e. The molecule has 1 fully saturated rings. The number of nitrogens with two attached hydrogens (primary N) is 1. The van der Waals surface area contributed by atoms with E-state index in [1.807, 2.05) is 11.8 Å². The fourth-order valence-electron chi connectivity index (χ4n) is 2.28. The number of hydrogen-bond donors (Lipinski definition) is 1. The molecule has 2 unspecified atom stereocenters. The van der Waals surface area contributed by atoms with Crippen molar-refractivity contribution in [2.45, 2.75) is 24.4 Å². The van der Waals surface area contributed by atoms with Gasteiger partial charge in [0.15, 0.2) is 0 Å². The predicted octanol–water partition coefficient (Wildman–Crippen LogP) is 1.93. The summed E-state index contributed by atoms with van der Waals surface area (Å²) in [6.07, 6.45) is -2.04. The summed E-state index contributed by atoms with van der Waals surface area (Å²) < 4.78 is 37.3. The summed E-state index contributed by atoms with van der Waals surface area (Å²) in [6, 6.07) is -0.124. The van der Waals surface area contributed by atoms with Crippen molar-refractivity contribution in [3.63, 3.8) is 0 Å². The van der Waals surface area contributed by atoms with Crippen LogP contribution in [0.1, 0.15) is 24.4 Å². The van der Waals surface area contributed by atoms with E-state index in [4.69, 9.17) is 5.73 Å². The number of hydrogen-bond acceptors (Lipinski definition) is 5. The maximum absolute atomic E-state index is 12.4. The SMILES string of the molecule is CC1CN(C(CN)c2cnc(C(F)(F)F)nc2)CCS1. The van der Waals surface area contributed by atoms with Gasteiger partial charge in [0, 0.05) is 48.6 Å². The van der Waals surface area contributed by atoms with Crippen LogP contribution in [0.15, 0.2) is 12.4 Å². The smallest absolute Gasteiger partial charge is 0.329 e. The van der Waals surface area contributed by atoms with Crippen molar-refractivity contribution >= 4 is 11.8 Å². The summed E-state index contributed by atoms with van der Waals surface area (Å²) in [5.74, 6) is -0.112. The van der Waals surface area contributed by atoms with Crippen LogP contribution in [0.4, 0.5) is 13.2 Å². The molecule has 0 aliphatic carbocycles. The molecule has 20 heavy (non-hydrogen) atoms. The van der Waals surface area contributed by atoms with Gasteiger partial charge in [0.1, 0.15) is 0 Å². The van der Waals surface area contributed by atoms with Crippen LogP contribution in [0.25, 0.3) is 0 Å². The lowest BCUT2D eigenvalue weighted by Crippen LogP contribution is -2.42. The first kappa shape index (κ1) is 15.5. The van der Waals surface area contributed by atoms with Crippen LogP contribution in [-0.4, -0.2) is 45.5 Å². The van der Waals surface area contributed by atoms with E-state index in [1.165, 1.54) is 12.4 Å². The first-order chi connectivity index (χ1) is 9.41. The molecule has 1 aromatic heterocycles. The topological polar surface area (TPSA) is 55.0 Å². The summed E-state index contributed by atoms with van der Waals surface area (Å²) in [5.41, 5.74) is 6.42. The quantitative estimate of drug-likeness (QED) is 0.925. The highest BCUT2D eigenvalue weighted by molar-refractivity contribution is 7.99. The number of nitrogens with zero attached hydrogens (tertiary/aromatic N) is 3. The van der Waals surface area contributed by atoms with Crippen LogP contribution in [0.2, 0.25) is 0 Å². The number of halogens is 3. The molecule has 1 aliphatic rings. The first-order valence-corrected chi connectivity index (χ1v) is 7.41. The molecule has 8 heteroatoms. The van der Waals surface area contributed by atoms with Crippen molar-refractivity contribution in [2.75, 3.05) is 25.4 Å². The van der Waals surface area contributed by atoms with Crippen LogP contribution >= 0.6 is 11.8 Å². The third kappa shape index (κ3) is 3.62. The van der Waals surface area contributed by atoms with Crippen LogP contribution in [-0.2, 0) is 6.18 Å². The lowest BCUT2D eigenvalue weighted by molar-refractivity contribution is -0.145. The van der Waals surface area contributed by atoms with Crippen LogP contribution < -0.4 is 5.73 Å². The molecule has 1 saturated heterocycles. The predicted molar refractivity (Wildman–Crippen MR) is 72.3 cm³/mol. The van der Waals surface area contributed by atoms with Gasteiger partial charge in [-0.3, -0.25) is 4.90 Å². The molecule has 1 aliphatic heterocycles. The van der Waals surface area contributed by atoms with Gasteiger partial charge in [-0.05, 0) is 0 Å². The van der Waals surface area contributed by atoms with E-state index in [0.717, 1.165) is 18.8 Å². The first-order valence-electron chi connectivity index (χ1n) is 6.36. The van der Waals surface area contributed by atoms with Gasteiger partial charge < -0.3 is 5.73 Å². The normalized spacial score (nSPS) is 22.8. The molecule has 0 saturated carbocycles. The minimum absolute atomic E-state index is 0.124. The van der Waals surface area contributed by atoms with Gasteiger partial charge in [0.05, 0.1) is 6.04 Å². The van der Waals surface area contributed by atoms with Gasteiger partial charge in [-0.15, -0.1) is 0 Å². The van der Waals surface area contributed by atoms with E-state index >= 15 is 0 Å². The monoisotopic (exact) mass is 306 g/mol. The van der Waals surface area contributed by atoms with E-state index in [-0.39, 0.29) is 6.04 Å². The molecule has 2 heterocycles. The fraction of sp³-hybridized carbons (Fsp3) is 0.667. The van der Waals surface area contributed by atoms with Crippen molar-refractivity contribution in [1.82, 2.24) is 14.9 Å². The average Bonchev–Trinajstić information content (AvgIpc) is 2.39. The average molecular weight is 306 g/mol. The third-order valence-electron chi connectivity index (χ3n) is 3.25. The number of alkyl halides is 3. The molecule has 2 rings (SSSR count). The Labute approximate surface area is 120 Å². The number of rotatable bonds is 3. The number of aromatic nitrogens is 2. The minimum Gasteiger partial charge on any atom is -0.329 e. The van der Waals surface area contributed by atoms with Crippen molar-refractivity contribution in [1.29, 1.82) is 0 Å². The van der Waals surface area contributed by atoms with Gasteiger partial charge in [0.2, 0.25) is 5.82 Å². The Balaban J connectivity index is 2.15. The Kier molecular flexibility index (Phi) is 4.87. The zero-order valence-corrected chi connectivity index (χ0v) is 11.9. The standard InChI is InChI=1S/C12H17F3N4S/c1-8-7-19(2-3-20-8)10(4-16)9-5-17-11(18-6-9)12(13,14)15/h5-6,8,10H,2-4,7,16H2,1H3. The highest BCUT2D eigenvalue weighted by Gasteiger charge is 2.34. The molecule has 0 amide bonds. The van der Waals surface area contributed by atoms with Crippen molar-refractivity contribution < 1.29 is 13.2 Å². The summed E-state index contributed by atoms with van der Waals surface area (Å²) in [7, 11) is 0. The molecule has 0 bridgehead atoms. The van der Waals surface area contributed by atoms with E-state index in [9.17, 15) is 13.2 Å². The van der Waals surface area contributed by atoms with E-state index in [1.54, 1.807) is 0 Å². The zero-order chi connectivity index (χ0) is 14.8. The van der Waals surface area contributed by atoms with E-state index in [0.29, 0.717) is 17.4 Å². The molecule has 4 nitrogen and oxygen atoms in total. The Morgan fingerprint density at radius 2 is 2.10 bits per heavy atom. The summed E-state index contributed by atoms with van der Waals surface area (Å²) in [6.45, 7) is 4.21. The van der Waals surface area contributed by atoms with E-state index < -0.39 is 12.0 Å². The highest BCUT2D eigenvalue weighted by Crippen LogP contribution is 2.28. The second-order valence-electron chi connectivity index (χ2n) is 4.77. The van der Waals surface area contributed by atoms with Gasteiger partial charge in [0.25, 0.3) is 0 Å². The van der Waals surface area contributed by atoms with Crippen LogP contribution in [0.5, 0.6) is 0 Å². The second-order valence-corrected chi connectivity index (χ2v) is 6.31. The Bertz CT molecular complexity index is 437. The lowest BCUT2D eigenvalue weighted by atomic mass is 10.1. The second kappa shape index (κ2) is 6.28. The van der Waals surface area contributed by atoms with Gasteiger partial charge in [-0.2, -0.15) is 24.9 Å². The molecule has 112 valence electrons. The molecule has 2 N–H and O–H groups in total. The third-order valence-corrected chi connectivity index (χ3v) is 4.38. The van der Waals surface area contributed by atoms with Gasteiger partial charge >= 0.3 is 6.18 Å². The minimum atomic E-state index is -4.51. The van der Waals surface area contributed by atoms with Gasteiger partial charge in [-0.1, -0.05) is 6.92 Å². The summed E-state index contributed by atoms with van der Waals surface area (Å²) >= 11 is 1.89. The largest absolute Gasteiger partial charge is 0.451 e. The molecule has 0 radical (unpaired) electrons. The summed E-state index contributed by atoms with van der Waals surface area (Å²) in [5, 5.41) is 0.494. The lowest BCUT2D eigenvalue weighted by Gasteiger charge is -2.36. The summed E-state index contributed by atoms with van der Waals surface area (Å²) in [4.78, 5) is 9.01. The Morgan fingerprint density at radius 3 is 2.60 bits per heavy atom. The molecule has 0 aromatic carbocycles. The number of thioether (sulfide) groups is 1. The van der Waals surface area contributed by atoms with Crippen LogP contribution in [0, 0.1) is 0 Å². The molecule has 2 atom stereocenters. The highest BCUT2D eigenvalue weighted by atomic mass is 32.2.